The predicted molar refractivity (Wildman–Crippen MR) is 70.2 cm³/mol. The van der Waals surface area contributed by atoms with Crippen LogP contribution in [-0.4, -0.2) is 37.6 Å². The van der Waals surface area contributed by atoms with Gasteiger partial charge in [-0.2, -0.15) is 0 Å². The highest BCUT2D eigenvalue weighted by atomic mass is 16.5. The second-order valence-corrected chi connectivity index (χ2v) is 5.06. The summed E-state index contributed by atoms with van der Waals surface area (Å²) in [4.78, 5) is 13.5. The molecule has 1 aliphatic heterocycles. The number of ether oxygens (including phenoxy) is 1. The summed E-state index contributed by atoms with van der Waals surface area (Å²) in [6.45, 7) is 3.37. The van der Waals surface area contributed by atoms with E-state index in [-0.39, 0.29) is 5.91 Å². The van der Waals surface area contributed by atoms with Crippen LogP contribution in [-0.2, 0) is 11.3 Å². The molecule has 1 atom stereocenters. The molecule has 6 heteroatoms. The second-order valence-electron chi connectivity index (χ2n) is 5.06. The van der Waals surface area contributed by atoms with Crippen molar-refractivity contribution in [2.24, 2.45) is 11.8 Å². The summed E-state index contributed by atoms with van der Waals surface area (Å²) in [5.74, 6) is 6.08. The zero-order valence-corrected chi connectivity index (χ0v) is 11.2. The molecule has 2 heterocycles. The van der Waals surface area contributed by atoms with Crippen molar-refractivity contribution in [3.63, 3.8) is 0 Å². The number of carbonyl (C=O) groups excluding carboxylic acids is 1. The van der Waals surface area contributed by atoms with Crippen molar-refractivity contribution in [2.45, 2.75) is 19.4 Å². The summed E-state index contributed by atoms with van der Waals surface area (Å²) >= 11 is 0. The average Bonchev–Trinajstić information content (AvgIpc) is 2.87. The molecular weight excluding hydrogens is 246 g/mol. The third-order valence-electron chi connectivity index (χ3n) is 3.30. The molecule has 19 heavy (non-hydrogen) atoms. The van der Waals surface area contributed by atoms with Crippen LogP contribution in [0.5, 0.6) is 0 Å². The zero-order chi connectivity index (χ0) is 13.7. The van der Waals surface area contributed by atoms with Crippen LogP contribution < -0.4 is 11.3 Å². The van der Waals surface area contributed by atoms with Gasteiger partial charge in [0.2, 0.25) is 0 Å². The van der Waals surface area contributed by atoms with Crippen molar-refractivity contribution >= 4 is 5.91 Å². The second kappa shape index (κ2) is 6.70. The molecule has 0 aromatic carbocycles. The van der Waals surface area contributed by atoms with E-state index in [1.807, 2.05) is 7.05 Å². The van der Waals surface area contributed by atoms with Gasteiger partial charge in [0.25, 0.3) is 5.91 Å². The Labute approximate surface area is 112 Å². The number of rotatable bonds is 5. The highest BCUT2D eigenvalue weighted by Gasteiger charge is 2.17. The Kier molecular flexibility index (Phi) is 4.95. The lowest BCUT2D eigenvalue weighted by Crippen LogP contribution is -2.30. The molecule has 1 amide bonds. The number of hydrogen-bond acceptors (Lipinski definition) is 5. The van der Waals surface area contributed by atoms with Gasteiger partial charge in [-0.1, -0.05) is 0 Å². The number of nitrogens with two attached hydrogens (primary N) is 1. The lowest BCUT2D eigenvalue weighted by molar-refractivity contribution is 0.0404. The summed E-state index contributed by atoms with van der Waals surface area (Å²) in [6, 6.07) is 1.72. The van der Waals surface area contributed by atoms with Gasteiger partial charge >= 0.3 is 0 Å². The van der Waals surface area contributed by atoms with E-state index in [1.54, 1.807) is 6.07 Å². The van der Waals surface area contributed by atoms with Crippen LogP contribution in [0.25, 0.3) is 0 Å². The first-order chi connectivity index (χ1) is 9.19. The topological polar surface area (TPSA) is 80.7 Å². The van der Waals surface area contributed by atoms with Crippen molar-refractivity contribution in [2.75, 3.05) is 26.8 Å². The van der Waals surface area contributed by atoms with E-state index in [9.17, 15) is 4.79 Å². The van der Waals surface area contributed by atoms with E-state index in [4.69, 9.17) is 15.0 Å². The van der Waals surface area contributed by atoms with Gasteiger partial charge in [-0.25, -0.2) is 5.84 Å². The van der Waals surface area contributed by atoms with Crippen LogP contribution in [0.2, 0.25) is 0 Å². The first-order valence-corrected chi connectivity index (χ1v) is 6.53. The average molecular weight is 267 g/mol. The number of nitrogen functional groups attached to an aromatic ring is 1. The van der Waals surface area contributed by atoms with Gasteiger partial charge in [0, 0.05) is 13.2 Å². The number of hydrazine groups is 1. The number of amides is 1. The number of nitrogens with zero attached hydrogens (tertiary/aromatic N) is 1. The summed E-state index contributed by atoms with van der Waals surface area (Å²) in [5.41, 5.74) is 2.54. The Bertz CT molecular complexity index is 413. The lowest BCUT2D eigenvalue weighted by atomic mass is 10.0. The number of hydrogen-bond donors (Lipinski definition) is 2. The van der Waals surface area contributed by atoms with Gasteiger partial charge in [-0.3, -0.25) is 15.1 Å². The molecule has 2 rings (SSSR count). The first kappa shape index (κ1) is 14.0. The fourth-order valence-electron chi connectivity index (χ4n) is 2.39. The molecule has 1 aliphatic rings. The molecule has 1 fully saturated rings. The van der Waals surface area contributed by atoms with Gasteiger partial charge in [0.15, 0.2) is 0 Å². The largest absolute Gasteiger partial charge is 0.467 e. The lowest BCUT2D eigenvalue weighted by Gasteiger charge is -2.26. The van der Waals surface area contributed by atoms with E-state index < -0.39 is 0 Å². The van der Waals surface area contributed by atoms with Crippen LogP contribution in [0.15, 0.2) is 16.7 Å². The minimum absolute atomic E-state index is 0.335. The summed E-state index contributed by atoms with van der Waals surface area (Å²) in [5, 5.41) is 0. The monoisotopic (exact) mass is 267 g/mol. The molecule has 0 radical (unpaired) electrons. The minimum Gasteiger partial charge on any atom is -0.467 e. The van der Waals surface area contributed by atoms with E-state index in [0.717, 1.165) is 31.9 Å². The fourth-order valence-corrected chi connectivity index (χ4v) is 2.39. The van der Waals surface area contributed by atoms with E-state index >= 15 is 0 Å². The fraction of sp³-hybridized carbons (Fsp3) is 0.615. The molecule has 6 nitrogen and oxygen atoms in total. The van der Waals surface area contributed by atoms with Crippen molar-refractivity contribution in [1.82, 2.24) is 10.3 Å². The molecule has 1 aromatic heterocycles. The standard InChI is InChI=1S/C13H21N3O3/c1-16(6-10-3-2-4-18-8-10)7-12-5-11(9-19-12)13(17)15-14/h5,9-10H,2-4,6-8,14H2,1H3,(H,15,17). The van der Waals surface area contributed by atoms with E-state index in [1.165, 1.54) is 12.7 Å². The Balaban J connectivity index is 1.82. The quantitative estimate of drug-likeness (QED) is 0.467. The molecule has 1 saturated heterocycles. The Hall–Kier alpha value is -1.37. The van der Waals surface area contributed by atoms with Crippen LogP contribution in [0.4, 0.5) is 0 Å². The molecule has 1 aromatic rings. The third kappa shape index (κ3) is 4.05. The maximum atomic E-state index is 11.3. The normalized spacial score (nSPS) is 19.6. The molecule has 106 valence electrons. The van der Waals surface area contributed by atoms with Gasteiger partial charge in [-0.15, -0.1) is 0 Å². The third-order valence-corrected chi connectivity index (χ3v) is 3.30. The first-order valence-electron chi connectivity index (χ1n) is 6.53. The maximum Gasteiger partial charge on any atom is 0.268 e. The highest BCUT2D eigenvalue weighted by Crippen LogP contribution is 2.16. The van der Waals surface area contributed by atoms with Gasteiger partial charge in [0.05, 0.1) is 18.7 Å². The van der Waals surface area contributed by atoms with Crippen LogP contribution in [0, 0.1) is 5.92 Å². The number of furan rings is 1. The Morgan fingerprint density at radius 1 is 1.63 bits per heavy atom. The summed E-state index contributed by atoms with van der Waals surface area (Å²) in [7, 11) is 2.04. The van der Waals surface area contributed by atoms with Crippen molar-refractivity contribution in [1.29, 1.82) is 0 Å². The number of carbonyl (C=O) groups is 1. The zero-order valence-electron chi connectivity index (χ0n) is 11.2. The molecule has 3 N–H and O–H groups in total. The summed E-state index contributed by atoms with van der Waals surface area (Å²) in [6.07, 6.45) is 3.78. The van der Waals surface area contributed by atoms with Gasteiger partial charge < -0.3 is 9.15 Å². The van der Waals surface area contributed by atoms with Crippen LogP contribution in [0.1, 0.15) is 29.0 Å². The van der Waals surface area contributed by atoms with Gasteiger partial charge in [0.1, 0.15) is 12.0 Å². The Morgan fingerprint density at radius 3 is 3.16 bits per heavy atom. The van der Waals surface area contributed by atoms with Crippen LogP contribution >= 0.6 is 0 Å². The molecule has 0 saturated carbocycles. The molecule has 0 aliphatic carbocycles. The maximum absolute atomic E-state index is 11.3. The van der Waals surface area contributed by atoms with Crippen molar-refractivity contribution in [3.05, 3.63) is 23.7 Å². The minimum atomic E-state index is -0.335. The van der Waals surface area contributed by atoms with Gasteiger partial charge in [-0.05, 0) is 31.9 Å². The van der Waals surface area contributed by atoms with E-state index in [2.05, 4.69) is 10.3 Å². The molecular formula is C13H21N3O3. The predicted octanol–water partition coefficient (Wildman–Crippen LogP) is 0.741. The molecule has 0 spiro atoms. The summed E-state index contributed by atoms with van der Waals surface area (Å²) < 4.78 is 10.8. The van der Waals surface area contributed by atoms with Crippen molar-refractivity contribution in [3.8, 4) is 0 Å². The highest BCUT2D eigenvalue weighted by molar-refractivity contribution is 5.93. The molecule has 1 unspecified atom stereocenters. The smallest absolute Gasteiger partial charge is 0.268 e. The number of nitrogens with one attached hydrogen (secondary N) is 1. The van der Waals surface area contributed by atoms with Crippen LogP contribution in [0.3, 0.4) is 0 Å². The van der Waals surface area contributed by atoms with Crippen molar-refractivity contribution < 1.29 is 13.9 Å². The Morgan fingerprint density at radius 2 is 2.47 bits per heavy atom. The SMILES string of the molecule is CN(Cc1cc(C(=O)NN)co1)CC1CCCOC1. The molecule has 0 bridgehead atoms. The van der Waals surface area contributed by atoms with E-state index in [0.29, 0.717) is 18.0 Å².